The third-order valence-corrected chi connectivity index (χ3v) is 2.78. The number of phenolic OH excluding ortho intramolecular Hbond substituents is 1. The largest absolute Gasteiger partial charge is 0.508 e. The van der Waals surface area contributed by atoms with Crippen LogP contribution < -0.4 is 5.43 Å². The summed E-state index contributed by atoms with van der Waals surface area (Å²) in [6.45, 7) is 1.63. The number of benzene rings is 2. The molecule has 0 atom stereocenters. The fourth-order valence-electron chi connectivity index (χ4n) is 1.63. The smallest absolute Gasteiger partial charge is 0.274 e. The van der Waals surface area contributed by atoms with Gasteiger partial charge < -0.3 is 5.11 Å². The maximum absolute atomic E-state index is 13.4. The summed E-state index contributed by atoms with van der Waals surface area (Å²) in [5.74, 6) is -2.27. The first-order valence-corrected chi connectivity index (χ1v) is 6.06. The standard InChI is InChI=1S/C15H12F2N2O2/c1-9(10-2-5-12(20)6-3-10)18-19-15(21)13-8-11(16)4-7-14(13)17/h2-8,20H,1H3,(H,19,21)/b18-9-. The minimum Gasteiger partial charge on any atom is -0.508 e. The zero-order valence-electron chi connectivity index (χ0n) is 11.1. The summed E-state index contributed by atoms with van der Waals surface area (Å²) < 4.78 is 26.4. The molecule has 0 aromatic heterocycles. The van der Waals surface area contributed by atoms with Crippen molar-refractivity contribution in [2.75, 3.05) is 0 Å². The topological polar surface area (TPSA) is 61.7 Å². The van der Waals surface area contributed by atoms with E-state index >= 15 is 0 Å². The summed E-state index contributed by atoms with van der Waals surface area (Å²) in [6.07, 6.45) is 0. The Labute approximate surface area is 119 Å². The van der Waals surface area contributed by atoms with Crippen LogP contribution in [0.5, 0.6) is 5.75 Å². The second-order valence-electron chi connectivity index (χ2n) is 4.31. The van der Waals surface area contributed by atoms with Gasteiger partial charge in [-0.05, 0) is 55.0 Å². The molecule has 0 saturated heterocycles. The number of carbonyl (C=O) groups excluding carboxylic acids is 1. The van der Waals surface area contributed by atoms with E-state index in [-0.39, 0.29) is 5.75 Å². The molecular weight excluding hydrogens is 278 g/mol. The monoisotopic (exact) mass is 290 g/mol. The lowest BCUT2D eigenvalue weighted by atomic mass is 10.1. The number of carbonyl (C=O) groups is 1. The molecule has 0 aliphatic heterocycles. The number of amides is 1. The second kappa shape index (κ2) is 6.13. The van der Waals surface area contributed by atoms with E-state index in [0.29, 0.717) is 11.3 Å². The number of hydrogen-bond donors (Lipinski definition) is 2. The quantitative estimate of drug-likeness (QED) is 0.674. The molecule has 1 amide bonds. The molecule has 0 aliphatic carbocycles. The molecule has 4 nitrogen and oxygen atoms in total. The first kappa shape index (κ1) is 14.6. The van der Waals surface area contributed by atoms with Gasteiger partial charge in [-0.15, -0.1) is 0 Å². The summed E-state index contributed by atoms with van der Waals surface area (Å²) >= 11 is 0. The van der Waals surface area contributed by atoms with E-state index in [2.05, 4.69) is 10.5 Å². The van der Waals surface area contributed by atoms with Crippen LogP contribution in [0.4, 0.5) is 8.78 Å². The molecule has 0 fully saturated rings. The van der Waals surface area contributed by atoms with Crippen LogP contribution in [0, 0.1) is 11.6 Å². The van der Waals surface area contributed by atoms with Gasteiger partial charge in [-0.1, -0.05) is 0 Å². The molecule has 2 aromatic rings. The number of rotatable bonds is 3. The minimum atomic E-state index is -0.842. The Balaban J connectivity index is 2.14. The van der Waals surface area contributed by atoms with Crippen molar-refractivity contribution in [1.29, 1.82) is 0 Å². The Hall–Kier alpha value is -2.76. The van der Waals surface area contributed by atoms with Crippen molar-refractivity contribution in [2.24, 2.45) is 5.10 Å². The van der Waals surface area contributed by atoms with Crippen LogP contribution in [0.2, 0.25) is 0 Å². The number of nitrogens with zero attached hydrogens (tertiary/aromatic N) is 1. The number of aromatic hydroxyl groups is 1. The number of halogens is 2. The Bertz CT molecular complexity index is 697. The average Bonchev–Trinajstić information content (AvgIpc) is 2.47. The molecule has 2 rings (SSSR count). The first-order valence-electron chi connectivity index (χ1n) is 6.06. The normalized spacial score (nSPS) is 11.3. The van der Waals surface area contributed by atoms with Crippen LogP contribution in [0.1, 0.15) is 22.8 Å². The third kappa shape index (κ3) is 3.62. The Kier molecular flexibility index (Phi) is 4.27. The lowest BCUT2D eigenvalue weighted by Crippen LogP contribution is -2.20. The zero-order valence-corrected chi connectivity index (χ0v) is 11.1. The molecule has 0 heterocycles. The van der Waals surface area contributed by atoms with Crippen molar-refractivity contribution in [1.82, 2.24) is 5.43 Å². The van der Waals surface area contributed by atoms with Gasteiger partial charge in [0.25, 0.3) is 5.91 Å². The van der Waals surface area contributed by atoms with E-state index in [9.17, 15) is 18.7 Å². The van der Waals surface area contributed by atoms with Gasteiger partial charge in [0.05, 0.1) is 11.3 Å². The second-order valence-corrected chi connectivity index (χ2v) is 4.31. The van der Waals surface area contributed by atoms with E-state index < -0.39 is 23.1 Å². The third-order valence-electron chi connectivity index (χ3n) is 2.78. The van der Waals surface area contributed by atoms with Crippen LogP contribution >= 0.6 is 0 Å². The van der Waals surface area contributed by atoms with Crippen LogP contribution in [0.3, 0.4) is 0 Å². The molecule has 0 radical (unpaired) electrons. The Morgan fingerprint density at radius 3 is 2.48 bits per heavy atom. The molecule has 0 unspecified atom stereocenters. The number of hydrazone groups is 1. The van der Waals surface area contributed by atoms with E-state index in [1.807, 2.05) is 0 Å². The van der Waals surface area contributed by atoms with Crippen molar-refractivity contribution >= 4 is 11.6 Å². The predicted molar refractivity (Wildman–Crippen MR) is 74.1 cm³/mol. The SMILES string of the molecule is C/C(=N/NC(=O)c1cc(F)ccc1F)c1ccc(O)cc1. The minimum absolute atomic E-state index is 0.109. The van der Waals surface area contributed by atoms with Crippen molar-refractivity contribution < 1.29 is 18.7 Å². The van der Waals surface area contributed by atoms with Gasteiger partial charge >= 0.3 is 0 Å². The molecule has 0 aliphatic rings. The summed E-state index contributed by atoms with van der Waals surface area (Å²) in [4.78, 5) is 11.7. The summed E-state index contributed by atoms with van der Waals surface area (Å²) in [5.41, 5.74) is 2.87. The lowest BCUT2D eigenvalue weighted by Gasteiger charge is -2.04. The number of nitrogens with one attached hydrogen (secondary N) is 1. The average molecular weight is 290 g/mol. The van der Waals surface area contributed by atoms with Gasteiger partial charge in [0.1, 0.15) is 17.4 Å². The molecule has 108 valence electrons. The zero-order chi connectivity index (χ0) is 15.4. The fourth-order valence-corrected chi connectivity index (χ4v) is 1.63. The fraction of sp³-hybridized carbons (Fsp3) is 0.0667. The molecule has 2 N–H and O–H groups in total. The summed E-state index contributed by atoms with van der Waals surface area (Å²) in [5, 5.41) is 13.0. The highest BCUT2D eigenvalue weighted by Gasteiger charge is 2.12. The van der Waals surface area contributed by atoms with Gasteiger partial charge in [-0.2, -0.15) is 5.10 Å². The van der Waals surface area contributed by atoms with Gasteiger partial charge in [0, 0.05) is 0 Å². The van der Waals surface area contributed by atoms with Crippen molar-refractivity contribution in [2.45, 2.75) is 6.92 Å². The van der Waals surface area contributed by atoms with Gasteiger partial charge in [-0.3, -0.25) is 4.79 Å². The number of phenols is 1. The van der Waals surface area contributed by atoms with Crippen molar-refractivity contribution in [3.8, 4) is 5.75 Å². The molecule has 0 bridgehead atoms. The van der Waals surface area contributed by atoms with E-state index in [1.165, 1.54) is 12.1 Å². The van der Waals surface area contributed by atoms with Crippen LogP contribution in [0.25, 0.3) is 0 Å². The van der Waals surface area contributed by atoms with Gasteiger partial charge in [0.2, 0.25) is 0 Å². The first-order chi connectivity index (χ1) is 9.97. The van der Waals surface area contributed by atoms with Crippen molar-refractivity contribution in [3.63, 3.8) is 0 Å². The van der Waals surface area contributed by atoms with E-state index in [0.717, 1.165) is 18.2 Å². The Morgan fingerprint density at radius 2 is 1.81 bits per heavy atom. The van der Waals surface area contributed by atoms with Crippen molar-refractivity contribution in [3.05, 3.63) is 65.2 Å². The maximum Gasteiger partial charge on any atom is 0.274 e. The summed E-state index contributed by atoms with van der Waals surface area (Å²) in [6, 6.07) is 8.78. The van der Waals surface area contributed by atoms with Crippen LogP contribution in [-0.4, -0.2) is 16.7 Å². The maximum atomic E-state index is 13.4. The van der Waals surface area contributed by atoms with E-state index in [1.54, 1.807) is 19.1 Å². The highest BCUT2D eigenvalue weighted by molar-refractivity contribution is 6.00. The van der Waals surface area contributed by atoms with Crippen LogP contribution in [0.15, 0.2) is 47.6 Å². The molecule has 2 aromatic carbocycles. The molecule has 0 spiro atoms. The molecule has 6 heteroatoms. The lowest BCUT2D eigenvalue weighted by molar-refractivity contribution is 0.0950. The predicted octanol–water partition coefficient (Wildman–Crippen LogP) is 2.82. The van der Waals surface area contributed by atoms with E-state index in [4.69, 9.17) is 0 Å². The molecule has 0 saturated carbocycles. The van der Waals surface area contributed by atoms with Gasteiger partial charge in [-0.25, -0.2) is 14.2 Å². The molecular formula is C15H12F2N2O2. The number of hydrogen-bond acceptors (Lipinski definition) is 3. The molecule has 21 heavy (non-hydrogen) atoms. The highest BCUT2D eigenvalue weighted by Crippen LogP contribution is 2.11. The summed E-state index contributed by atoms with van der Waals surface area (Å²) in [7, 11) is 0. The van der Waals surface area contributed by atoms with Crippen LogP contribution in [-0.2, 0) is 0 Å². The Morgan fingerprint density at radius 1 is 1.14 bits per heavy atom. The highest BCUT2D eigenvalue weighted by atomic mass is 19.1. The van der Waals surface area contributed by atoms with Gasteiger partial charge in [0.15, 0.2) is 0 Å².